The van der Waals surface area contributed by atoms with Crippen molar-refractivity contribution in [3.8, 4) is 0 Å². The molecule has 6 nitrogen and oxygen atoms in total. The van der Waals surface area contributed by atoms with E-state index in [-0.39, 0.29) is 19.0 Å². The van der Waals surface area contributed by atoms with Gasteiger partial charge in [0.2, 0.25) is 5.91 Å². The van der Waals surface area contributed by atoms with Crippen molar-refractivity contribution >= 4 is 17.8 Å². The Labute approximate surface area is 132 Å². The summed E-state index contributed by atoms with van der Waals surface area (Å²) in [5.74, 6) is 0.314. The van der Waals surface area contributed by atoms with Gasteiger partial charge in [-0.2, -0.15) is 0 Å². The summed E-state index contributed by atoms with van der Waals surface area (Å²) >= 11 is 0. The summed E-state index contributed by atoms with van der Waals surface area (Å²) in [5.41, 5.74) is 8.03. The van der Waals surface area contributed by atoms with Crippen LogP contribution in [0.2, 0.25) is 0 Å². The second kappa shape index (κ2) is 4.31. The zero-order chi connectivity index (χ0) is 15.6. The van der Waals surface area contributed by atoms with Gasteiger partial charge in [0.05, 0.1) is 11.1 Å². The normalized spacial score (nSPS) is 32.9. The van der Waals surface area contributed by atoms with Gasteiger partial charge in [0.15, 0.2) is 0 Å². The molecule has 5 rings (SSSR count). The average molecular weight is 310 g/mol. The number of primary amides is 1. The minimum absolute atomic E-state index is 0.118. The fourth-order valence-corrected chi connectivity index (χ4v) is 3.80. The maximum Gasteiger partial charge on any atom is 0.249 e. The topological polar surface area (TPSA) is 83.1 Å². The monoisotopic (exact) mass is 310 g/mol. The largest absolute Gasteiger partial charge is 0.492 e. The molecule has 3 aliphatic heterocycles. The van der Waals surface area contributed by atoms with Crippen LogP contribution in [0, 0.1) is 0 Å². The number of benzene rings is 1. The van der Waals surface area contributed by atoms with Crippen molar-refractivity contribution in [1.82, 2.24) is 0 Å². The van der Waals surface area contributed by atoms with E-state index < -0.39 is 11.3 Å². The van der Waals surface area contributed by atoms with Gasteiger partial charge in [-0.25, -0.2) is 0 Å². The van der Waals surface area contributed by atoms with E-state index >= 15 is 0 Å². The molecule has 6 heteroatoms. The fraction of sp³-hybridized carbons (Fsp3) is 0.294. The van der Waals surface area contributed by atoms with Crippen molar-refractivity contribution in [3.05, 3.63) is 52.8 Å². The molecule has 4 aliphatic rings. The highest BCUT2D eigenvalue weighted by Gasteiger charge is 2.51. The van der Waals surface area contributed by atoms with Crippen molar-refractivity contribution in [3.63, 3.8) is 0 Å². The molecule has 1 aromatic carbocycles. The maximum atomic E-state index is 11.9. The van der Waals surface area contributed by atoms with Gasteiger partial charge in [-0.15, -0.1) is 0 Å². The highest BCUT2D eigenvalue weighted by atomic mass is 16.7. The van der Waals surface area contributed by atoms with E-state index in [1.54, 1.807) is 12.1 Å². The molecule has 0 aromatic heterocycles. The highest BCUT2D eigenvalue weighted by Crippen LogP contribution is 2.51. The molecule has 1 amide bonds. The molecule has 116 valence electrons. The van der Waals surface area contributed by atoms with Gasteiger partial charge >= 0.3 is 0 Å². The standard InChI is InChI=1S/C17H14N2O4/c18-16(20)9-2-1-3-11-15(9)17(6-19-11)7-21-12-5-14-13(4-10(12)17)22-8-23-14/h1-6,13-14H,7-8H2,(H2,18,20). The summed E-state index contributed by atoms with van der Waals surface area (Å²) in [5, 5.41) is 0. The molecule has 2 saturated heterocycles. The minimum Gasteiger partial charge on any atom is -0.492 e. The van der Waals surface area contributed by atoms with Crippen molar-refractivity contribution in [1.29, 1.82) is 0 Å². The van der Waals surface area contributed by atoms with E-state index in [1.807, 2.05) is 24.4 Å². The quantitative estimate of drug-likeness (QED) is 0.848. The second-order valence-corrected chi connectivity index (χ2v) is 6.07. The van der Waals surface area contributed by atoms with Crippen LogP contribution in [0.25, 0.3) is 0 Å². The van der Waals surface area contributed by atoms with E-state index in [1.165, 1.54) is 0 Å². The number of nitrogens with zero attached hydrogens (tertiary/aromatic N) is 1. The third-order valence-corrected chi connectivity index (χ3v) is 4.87. The maximum absolute atomic E-state index is 11.9. The first-order valence-corrected chi connectivity index (χ1v) is 7.48. The number of carbonyl (C=O) groups excluding carboxylic acids is 1. The third kappa shape index (κ3) is 1.59. The Morgan fingerprint density at radius 2 is 2.09 bits per heavy atom. The molecule has 1 spiro atoms. The number of allylic oxidation sites excluding steroid dienone is 1. The molecule has 23 heavy (non-hydrogen) atoms. The zero-order valence-electron chi connectivity index (χ0n) is 12.2. The van der Waals surface area contributed by atoms with E-state index in [0.29, 0.717) is 12.2 Å². The van der Waals surface area contributed by atoms with Gasteiger partial charge < -0.3 is 19.9 Å². The van der Waals surface area contributed by atoms with Crippen molar-refractivity contribution < 1.29 is 19.0 Å². The van der Waals surface area contributed by atoms with Gasteiger partial charge in [-0.05, 0) is 24.3 Å². The molecule has 0 radical (unpaired) electrons. The number of carbonyl (C=O) groups is 1. The molecular weight excluding hydrogens is 296 g/mol. The van der Waals surface area contributed by atoms with Crippen LogP contribution in [0.5, 0.6) is 0 Å². The number of rotatable bonds is 1. The zero-order valence-corrected chi connectivity index (χ0v) is 12.2. The lowest BCUT2D eigenvalue weighted by Gasteiger charge is -2.25. The Hall–Kier alpha value is -2.44. The van der Waals surface area contributed by atoms with Crippen molar-refractivity contribution in [2.75, 3.05) is 13.4 Å². The van der Waals surface area contributed by atoms with E-state index in [9.17, 15) is 4.79 Å². The molecule has 1 aromatic rings. The molecule has 1 aliphatic carbocycles. The van der Waals surface area contributed by atoms with E-state index in [4.69, 9.17) is 19.9 Å². The van der Waals surface area contributed by atoms with E-state index in [0.717, 1.165) is 22.6 Å². The summed E-state index contributed by atoms with van der Waals surface area (Å²) < 4.78 is 17.0. The Balaban J connectivity index is 1.71. The molecule has 0 saturated carbocycles. The summed E-state index contributed by atoms with van der Waals surface area (Å²) in [6.07, 6.45) is 5.57. The van der Waals surface area contributed by atoms with Gasteiger partial charge in [0.25, 0.3) is 0 Å². The van der Waals surface area contributed by atoms with Crippen molar-refractivity contribution in [2.24, 2.45) is 10.7 Å². The fourth-order valence-electron chi connectivity index (χ4n) is 3.80. The second-order valence-electron chi connectivity index (χ2n) is 6.07. The molecule has 0 bridgehead atoms. The Kier molecular flexibility index (Phi) is 2.44. The van der Waals surface area contributed by atoms with Crippen LogP contribution in [0.3, 0.4) is 0 Å². The lowest BCUT2D eigenvalue weighted by atomic mass is 9.73. The molecule has 2 N–H and O–H groups in total. The summed E-state index contributed by atoms with van der Waals surface area (Å²) in [6.45, 7) is 0.665. The SMILES string of the molecule is NC(=O)c1cccc2c1C1(C=N2)COC2=CC3OCOC3C=C21. The molecule has 3 unspecified atom stereocenters. The average Bonchev–Trinajstić information content (AvgIpc) is 3.25. The molecule has 2 fully saturated rings. The number of nitrogens with two attached hydrogens (primary N) is 1. The number of amides is 1. The van der Waals surface area contributed by atoms with Crippen LogP contribution in [0.15, 0.2) is 46.7 Å². The third-order valence-electron chi connectivity index (χ3n) is 4.87. The predicted octanol–water partition coefficient (Wildman–Crippen LogP) is 1.33. The van der Waals surface area contributed by atoms with Crippen LogP contribution >= 0.6 is 0 Å². The summed E-state index contributed by atoms with van der Waals surface area (Å²) in [7, 11) is 0. The smallest absolute Gasteiger partial charge is 0.249 e. The Bertz CT molecular complexity index is 826. The van der Waals surface area contributed by atoms with Crippen LogP contribution in [0.1, 0.15) is 15.9 Å². The number of ether oxygens (including phenoxy) is 3. The Morgan fingerprint density at radius 1 is 1.26 bits per heavy atom. The van der Waals surface area contributed by atoms with Crippen LogP contribution < -0.4 is 5.73 Å². The van der Waals surface area contributed by atoms with Gasteiger partial charge in [-0.3, -0.25) is 9.79 Å². The van der Waals surface area contributed by atoms with Gasteiger partial charge in [0, 0.05) is 22.9 Å². The summed E-state index contributed by atoms with van der Waals surface area (Å²) in [6, 6.07) is 5.41. The van der Waals surface area contributed by atoms with E-state index in [2.05, 4.69) is 4.99 Å². The minimum atomic E-state index is -0.580. The first-order valence-electron chi connectivity index (χ1n) is 7.48. The number of hydrogen-bond acceptors (Lipinski definition) is 5. The highest BCUT2D eigenvalue weighted by molar-refractivity contribution is 6.02. The van der Waals surface area contributed by atoms with Gasteiger partial charge in [0.1, 0.15) is 31.4 Å². The van der Waals surface area contributed by atoms with Gasteiger partial charge in [-0.1, -0.05) is 6.07 Å². The number of hydrogen-bond donors (Lipinski definition) is 1. The number of aliphatic imine (C=N–C) groups is 1. The lowest BCUT2D eigenvalue weighted by Crippen LogP contribution is -2.33. The predicted molar refractivity (Wildman–Crippen MR) is 81.5 cm³/mol. The van der Waals surface area contributed by atoms with Crippen LogP contribution in [0.4, 0.5) is 5.69 Å². The molecule has 3 heterocycles. The van der Waals surface area contributed by atoms with Crippen molar-refractivity contribution in [2.45, 2.75) is 17.6 Å². The first-order chi connectivity index (χ1) is 11.2. The summed E-state index contributed by atoms with van der Waals surface area (Å²) in [4.78, 5) is 16.4. The van der Waals surface area contributed by atoms with Crippen LogP contribution in [-0.2, 0) is 19.6 Å². The van der Waals surface area contributed by atoms with Crippen LogP contribution in [-0.4, -0.2) is 37.7 Å². The molecular formula is C17H14N2O4. The number of fused-ring (bicyclic) bond motifs is 5. The molecule has 3 atom stereocenters. The lowest BCUT2D eigenvalue weighted by molar-refractivity contribution is 0.0499. The Morgan fingerprint density at radius 3 is 2.91 bits per heavy atom. The first kappa shape index (κ1) is 13.0.